The molecule has 0 unspecified atom stereocenters. The Hall–Kier alpha value is -3.00. The molecule has 0 bridgehead atoms. The number of amides is 1. The van der Waals surface area contributed by atoms with Gasteiger partial charge in [-0.15, -0.1) is 10.2 Å². The van der Waals surface area contributed by atoms with Gasteiger partial charge in [-0.3, -0.25) is 4.79 Å². The van der Waals surface area contributed by atoms with Crippen molar-refractivity contribution in [3.05, 3.63) is 54.1 Å². The Morgan fingerprint density at radius 1 is 1.23 bits per heavy atom. The zero-order valence-corrected chi connectivity index (χ0v) is 15.3. The van der Waals surface area contributed by atoms with E-state index in [0.29, 0.717) is 22.4 Å². The number of aryl methyl sites for hydroxylation is 1. The molecule has 1 heterocycles. The lowest BCUT2D eigenvalue weighted by Gasteiger charge is -2.09. The first-order chi connectivity index (χ1) is 12.6. The van der Waals surface area contributed by atoms with Crippen molar-refractivity contribution in [2.75, 3.05) is 24.0 Å². The first-order valence-corrected chi connectivity index (χ1v) is 8.90. The number of nitrogen functional groups attached to an aromatic ring is 1. The predicted octanol–water partition coefficient (Wildman–Crippen LogP) is 2.71. The number of rotatable bonds is 6. The first kappa shape index (κ1) is 17.8. The third-order valence-electron chi connectivity index (χ3n) is 3.65. The summed E-state index contributed by atoms with van der Waals surface area (Å²) >= 11 is 1.22. The molecular weight excluding hydrogens is 350 g/mol. The maximum Gasteiger partial charge on any atom is 0.234 e. The Labute approximate surface area is 155 Å². The van der Waals surface area contributed by atoms with Crippen LogP contribution in [-0.2, 0) is 4.79 Å². The summed E-state index contributed by atoms with van der Waals surface area (Å²) in [6.45, 7) is 2.00. The molecule has 2 aromatic carbocycles. The number of carbonyl (C=O) groups excluding carboxylic acids is 1. The van der Waals surface area contributed by atoms with Gasteiger partial charge in [-0.2, -0.15) is 0 Å². The van der Waals surface area contributed by atoms with Crippen molar-refractivity contribution in [2.24, 2.45) is 0 Å². The van der Waals surface area contributed by atoms with E-state index in [4.69, 9.17) is 10.6 Å². The lowest BCUT2D eigenvalue weighted by atomic mass is 10.1. The molecule has 0 fully saturated rings. The quantitative estimate of drug-likeness (QED) is 0.512. The topological polar surface area (TPSA) is 95.1 Å². The number of methoxy groups -OCH3 is 1. The highest BCUT2D eigenvalue weighted by atomic mass is 32.2. The molecule has 0 spiro atoms. The van der Waals surface area contributed by atoms with Gasteiger partial charge >= 0.3 is 0 Å². The Morgan fingerprint density at radius 3 is 2.81 bits per heavy atom. The monoisotopic (exact) mass is 369 g/mol. The zero-order chi connectivity index (χ0) is 18.5. The van der Waals surface area contributed by atoms with Crippen molar-refractivity contribution in [2.45, 2.75) is 12.1 Å². The van der Waals surface area contributed by atoms with Gasteiger partial charge in [-0.25, -0.2) is 4.68 Å². The van der Waals surface area contributed by atoms with Crippen molar-refractivity contribution >= 4 is 23.4 Å². The first-order valence-electron chi connectivity index (χ1n) is 7.91. The molecule has 0 atom stereocenters. The molecule has 0 saturated heterocycles. The van der Waals surface area contributed by atoms with Crippen molar-refractivity contribution in [3.8, 4) is 17.1 Å². The number of nitrogens with zero attached hydrogens (tertiary/aromatic N) is 3. The molecule has 134 valence electrons. The van der Waals surface area contributed by atoms with Crippen molar-refractivity contribution in [1.29, 1.82) is 0 Å². The number of anilines is 1. The van der Waals surface area contributed by atoms with E-state index < -0.39 is 0 Å². The van der Waals surface area contributed by atoms with Crippen LogP contribution in [0.3, 0.4) is 0 Å². The third kappa shape index (κ3) is 3.97. The van der Waals surface area contributed by atoms with Crippen LogP contribution >= 0.6 is 11.8 Å². The number of carbonyl (C=O) groups is 1. The number of aromatic nitrogens is 3. The minimum atomic E-state index is -0.181. The highest BCUT2D eigenvalue weighted by molar-refractivity contribution is 7.99. The van der Waals surface area contributed by atoms with Crippen LogP contribution in [0, 0.1) is 6.92 Å². The molecule has 0 radical (unpaired) electrons. The van der Waals surface area contributed by atoms with Gasteiger partial charge in [0.2, 0.25) is 11.1 Å². The fraction of sp³-hybridized carbons (Fsp3) is 0.167. The van der Waals surface area contributed by atoms with Gasteiger partial charge in [0.15, 0.2) is 5.82 Å². The number of hydrogen-bond donors (Lipinski definition) is 2. The number of hydrogen-bond acceptors (Lipinski definition) is 6. The number of nitrogens with one attached hydrogen (secondary N) is 1. The summed E-state index contributed by atoms with van der Waals surface area (Å²) in [5.41, 5.74) is 2.61. The van der Waals surface area contributed by atoms with Gasteiger partial charge in [-0.05, 0) is 25.1 Å². The van der Waals surface area contributed by atoms with Crippen molar-refractivity contribution in [3.63, 3.8) is 0 Å². The SMILES string of the molecule is COc1ccccc1NC(=O)CSc1nnc(-c2cccc(C)c2)n1N. The Balaban J connectivity index is 1.66. The van der Waals surface area contributed by atoms with Crippen LogP contribution in [0.25, 0.3) is 11.4 Å². The van der Waals surface area contributed by atoms with Gasteiger partial charge in [-0.1, -0.05) is 47.7 Å². The number of nitrogens with two attached hydrogens (primary N) is 1. The summed E-state index contributed by atoms with van der Waals surface area (Å²) in [5.74, 6) is 7.22. The molecule has 8 heteroatoms. The fourth-order valence-electron chi connectivity index (χ4n) is 2.42. The molecule has 0 aliphatic rings. The highest BCUT2D eigenvalue weighted by Gasteiger charge is 2.14. The fourth-order valence-corrected chi connectivity index (χ4v) is 3.08. The molecule has 3 aromatic rings. The van der Waals surface area contributed by atoms with Crippen LogP contribution < -0.4 is 15.9 Å². The number of ether oxygens (including phenoxy) is 1. The van der Waals surface area contributed by atoms with E-state index >= 15 is 0 Å². The molecule has 3 rings (SSSR count). The molecule has 0 saturated carbocycles. The molecule has 1 amide bonds. The second-order valence-corrected chi connectivity index (χ2v) is 6.53. The van der Waals surface area contributed by atoms with E-state index in [1.807, 2.05) is 43.3 Å². The maximum atomic E-state index is 12.2. The molecule has 1 aromatic heterocycles. The average Bonchev–Trinajstić information content (AvgIpc) is 3.01. The molecule has 0 aliphatic carbocycles. The van der Waals surface area contributed by atoms with E-state index in [0.717, 1.165) is 11.1 Å². The average molecular weight is 369 g/mol. The van der Waals surface area contributed by atoms with Gasteiger partial charge in [0, 0.05) is 5.56 Å². The summed E-state index contributed by atoms with van der Waals surface area (Å²) in [4.78, 5) is 12.2. The third-order valence-corrected chi connectivity index (χ3v) is 4.60. The predicted molar refractivity (Wildman–Crippen MR) is 103 cm³/mol. The summed E-state index contributed by atoms with van der Waals surface area (Å²) < 4.78 is 6.62. The minimum Gasteiger partial charge on any atom is -0.495 e. The second kappa shape index (κ2) is 7.92. The van der Waals surface area contributed by atoms with E-state index in [1.54, 1.807) is 19.2 Å². The van der Waals surface area contributed by atoms with Crippen LogP contribution in [-0.4, -0.2) is 33.6 Å². The number of benzene rings is 2. The van der Waals surface area contributed by atoms with Crippen LogP contribution in [0.4, 0.5) is 5.69 Å². The standard InChI is InChI=1S/C18H19N5O2S/c1-12-6-5-7-13(10-12)17-21-22-18(23(17)19)26-11-16(24)20-14-8-3-4-9-15(14)25-2/h3-10H,11,19H2,1-2H3,(H,20,24). The van der Waals surface area contributed by atoms with E-state index in [2.05, 4.69) is 15.5 Å². The van der Waals surface area contributed by atoms with Gasteiger partial charge in [0.05, 0.1) is 18.6 Å². The molecular formula is C18H19N5O2S. The molecule has 26 heavy (non-hydrogen) atoms. The second-order valence-electron chi connectivity index (χ2n) is 5.58. The van der Waals surface area contributed by atoms with Gasteiger partial charge < -0.3 is 15.9 Å². The summed E-state index contributed by atoms with van der Waals surface area (Å²) in [6.07, 6.45) is 0. The number of para-hydroxylation sites is 2. The highest BCUT2D eigenvalue weighted by Crippen LogP contribution is 2.25. The molecule has 0 aliphatic heterocycles. The van der Waals surface area contributed by atoms with Gasteiger partial charge in [0.1, 0.15) is 5.75 Å². The minimum absolute atomic E-state index is 0.154. The van der Waals surface area contributed by atoms with E-state index in [9.17, 15) is 4.79 Å². The zero-order valence-electron chi connectivity index (χ0n) is 14.5. The maximum absolute atomic E-state index is 12.2. The molecule has 7 nitrogen and oxygen atoms in total. The van der Waals surface area contributed by atoms with E-state index in [-0.39, 0.29) is 11.7 Å². The van der Waals surface area contributed by atoms with Crippen molar-refractivity contribution < 1.29 is 9.53 Å². The Bertz CT molecular complexity index is 925. The van der Waals surface area contributed by atoms with Crippen LogP contribution in [0.2, 0.25) is 0 Å². The summed E-state index contributed by atoms with van der Waals surface area (Å²) in [6, 6.07) is 15.1. The lowest BCUT2D eigenvalue weighted by molar-refractivity contribution is -0.113. The summed E-state index contributed by atoms with van der Waals surface area (Å²) in [5, 5.41) is 11.5. The van der Waals surface area contributed by atoms with Crippen molar-refractivity contribution in [1.82, 2.24) is 14.9 Å². The normalized spacial score (nSPS) is 10.5. The van der Waals surface area contributed by atoms with Crippen LogP contribution in [0.15, 0.2) is 53.7 Å². The Morgan fingerprint density at radius 2 is 2.04 bits per heavy atom. The van der Waals surface area contributed by atoms with Crippen LogP contribution in [0.5, 0.6) is 5.75 Å². The van der Waals surface area contributed by atoms with Gasteiger partial charge in [0.25, 0.3) is 0 Å². The summed E-state index contributed by atoms with van der Waals surface area (Å²) in [7, 11) is 1.56. The smallest absolute Gasteiger partial charge is 0.234 e. The van der Waals surface area contributed by atoms with E-state index in [1.165, 1.54) is 16.4 Å². The Kier molecular flexibility index (Phi) is 5.43. The number of thioether (sulfide) groups is 1. The largest absolute Gasteiger partial charge is 0.495 e. The van der Waals surface area contributed by atoms with Crippen LogP contribution in [0.1, 0.15) is 5.56 Å². The molecule has 3 N–H and O–H groups in total. The lowest BCUT2D eigenvalue weighted by Crippen LogP contribution is -2.16.